The maximum Gasteiger partial charge on any atom is 0.0655 e. The highest BCUT2D eigenvalue weighted by Gasteiger charge is 2.15. The average Bonchev–Trinajstić information content (AvgIpc) is 2.43. The molecule has 0 aromatic carbocycles. The molecule has 1 fully saturated rings. The van der Waals surface area contributed by atoms with Gasteiger partial charge in [-0.15, -0.1) is 0 Å². The van der Waals surface area contributed by atoms with Gasteiger partial charge in [0.05, 0.1) is 5.69 Å². The van der Waals surface area contributed by atoms with Crippen molar-refractivity contribution in [2.75, 3.05) is 13.1 Å². The maximum absolute atomic E-state index is 4.46. The normalized spacial score (nSPS) is 24.2. The van der Waals surface area contributed by atoms with Gasteiger partial charge in [-0.2, -0.15) is 5.10 Å². The minimum absolute atomic E-state index is 0.677. The predicted octanol–water partition coefficient (Wildman–Crippen LogP) is 1.28. The number of aryl methyl sites for hydroxylation is 1. The van der Waals surface area contributed by atoms with Gasteiger partial charge in [0, 0.05) is 19.2 Å². The standard InChI is InChI=1S/C10H17N3/c1-13-8-5-10(12-13)9-3-2-6-11-7-4-9/h5,8-9,11H,2-4,6-7H2,1H3. The Bertz CT molecular complexity index is 259. The van der Waals surface area contributed by atoms with E-state index in [0.717, 1.165) is 6.54 Å². The van der Waals surface area contributed by atoms with Crippen molar-refractivity contribution in [2.24, 2.45) is 7.05 Å². The summed E-state index contributed by atoms with van der Waals surface area (Å²) in [6.07, 6.45) is 5.83. The van der Waals surface area contributed by atoms with Gasteiger partial charge < -0.3 is 5.32 Å². The van der Waals surface area contributed by atoms with Gasteiger partial charge in [0.25, 0.3) is 0 Å². The smallest absolute Gasteiger partial charge is 0.0655 e. The van der Waals surface area contributed by atoms with Crippen LogP contribution >= 0.6 is 0 Å². The van der Waals surface area contributed by atoms with Crippen LogP contribution in [0.4, 0.5) is 0 Å². The summed E-state index contributed by atoms with van der Waals surface area (Å²) in [6, 6.07) is 2.15. The van der Waals surface area contributed by atoms with Crippen LogP contribution in [0.1, 0.15) is 30.9 Å². The zero-order valence-corrected chi connectivity index (χ0v) is 8.16. The van der Waals surface area contributed by atoms with E-state index in [0.29, 0.717) is 5.92 Å². The summed E-state index contributed by atoms with van der Waals surface area (Å²) in [6.45, 7) is 2.31. The Morgan fingerprint density at radius 2 is 2.38 bits per heavy atom. The van der Waals surface area contributed by atoms with Crippen LogP contribution in [0.15, 0.2) is 12.3 Å². The topological polar surface area (TPSA) is 29.9 Å². The summed E-state index contributed by atoms with van der Waals surface area (Å²) in [5.74, 6) is 0.677. The van der Waals surface area contributed by atoms with E-state index >= 15 is 0 Å². The monoisotopic (exact) mass is 179 g/mol. The van der Waals surface area contributed by atoms with Crippen LogP contribution in [-0.2, 0) is 7.05 Å². The van der Waals surface area contributed by atoms with Crippen LogP contribution < -0.4 is 5.32 Å². The first kappa shape index (κ1) is 8.75. The van der Waals surface area contributed by atoms with Crippen LogP contribution in [0.25, 0.3) is 0 Å². The lowest BCUT2D eigenvalue weighted by Gasteiger charge is -2.09. The number of nitrogens with zero attached hydrogens (tertiary/aromatic N) is 2. The molecule has 3 nitrogen and oxygen atoms in total. The summed E-state index contributed by atoms with van der Waals surface area (Å²) in [5, 5.41) is 7.88. The van der Waals surface area contributed by atoms with Gasteiger partial charge in [0.1, 0.15) is 0 Å². The lowest BCUT2D eigenvalue weighted by Crippen LogP contribution is -2.13. The van der Waals surface area contributed by atoms with E-state index in [1.165, 1.54) is 31.5 Å². The molecule has 1 aliphatic heterocycles. The molecule has 2 rings (SSSR count). The second-order valence-electron chi connectivity index (χ2n) is 3.79. The van der Waals surface area contributed by atoms with E-state index in [4.69, 9.17) is 0 Å². The number of hydrogen-bond acceptors (Lipinski definition) is 2. The van der Waals surface area contributed by atoms with Crippen molar-refractivity contribution in [2.45, 2.75) is 25.2 Å². The molecule has 0 saturated carbocycles. The number of nitrogens with one attached hydrogen (secondary N) is 1. The van der Waals surface area contributed by atoms with Crippen LogP contribution in [0.5, 0.6) is 0 Å². The largest absolute Gasteiger partial charge is 0.317 e. The molecule has 0 amide bonds. The van der Waals surface area contributed by atoms with Gasteiger partial charge in [-0.3, -0.25) is 4.68 Å². The summed E-state index contributed by atoms with van der Waals surface area (Å²) in [7, 11) is 1.98. The molecule has 0 bridgehead atoms. The van der Waals surface area contributed by atoms with Crippen LogP contribution in [0, 0.1) is 0 Å². The van der Waals surface area contributed by atoms with Crippen LogP contribution in [0.2, 0.25) is 0 Å². The Balaban J connectivity index is 2.06. The van der Waals surface area contributed by atoms with E-state index < -0.39 is 0 Å². The second-order valence-corrected chi connectivity index (χ2v) is 3.79. The zero-order chi connectivity index (χ0) is 9.10. The number of rotatable bonds is 1. The number of aromatic nitrogens is 2. The summed E-state index contributed by atoms with van der Waals surface area (Å²) in [5.41, 5.74) is 1.27. The lowest BCUT2D eigenvalue weighted by atomic mass is 9.97. The maximum atomic E-state index is 4.46. The SMILES string of the molecule is Cn1ccc(C2CCCNCC2)n1. The molecule has 1 saturated heterocycles. The minimum Gasteiger partial charge on any atom is -0.317 e. The van der Waals surface area contributed by atoms with Gasteiger partial charge in [-0.1, -0.05) is 0 Å². The van der Waals surface area contributed by atoms with Gasteiger partial charge in [-0.25, -0.2) is 0 Å². The zero-order valence-electron chi connectivity index (χ0n) is 8.16. The van der Waals surface area contributed by atoms with Crippen molar-refractivity contribution in [3.8, 4) is 0 Å². The van der Waals surface area contributed by atoms with Crippen molar-refractivity contribution in [1.29, 1.82) is 0 Å². The third kappa shape index (κ3) is 2.10. The predicted molar refractivity (Wildman–Crippen MR) is 52.7 cm³/mol. The van der Waals surface area contributed by atoms with Crippen molar-refractivity contribution < 1.29 is 0 Å². The molecule has 0 aliphatic carbocycles. The second kappa shape index (κ2) is 3.92. The molecule has 1 aromatic rings. The Morgan fingerprint density at radius 1 is 1.46 bits per heavy atom. The quantitative estimate of drug-likeness (QED) is 0.703. The summed E-state index contributed by atoms with van der Waals surface area (Å²) < 4.78 is 1.90. The van der Waals surface area contributed by atoms with E-state index in [1.54, 1.807) is 0 Å². The lowest BCUT2D eigenvalue weighted by molar-refractivity contribution is 0.579. The summed E-state index contributed by atoms with van der Waals surface area (Å²) in [4.78, 5) is 0. The van der Waals surface area contributed by atoms with Crippen molar-refractivity contribution in [3.63, 3.8) is 0 Å². The molecular formula is C10H17N3. The molecule has 0 spiro atoms. The average molecular weight is 179 g/mol. The first-order chi connectivity index (χ1) is 6.36. The molecule has 0 radical (unpaired) electrons. The first-order valence-electron chi connectivity index (χ1n) is 5.06. The molecule has 1 aromatic heterocycles. The number of hydrogen-bond donors (Lipinski definition) is 1. The molecule has 1 unspecified atom stereocenters. The minimum atomic E-state index is 0.677. The molecule has 1 N–H and O–H groups in total. The Hall–Kier alpha value is -0.830. The van der Waals surface area contributed by atoms with Crippen molar-refractivity contribution in [3.05, 3.63) is 18.0 Å². The highest BCUT2D eigenvalue weighted by molar-refractivity contribution is 5.06. The molecule has 2 heterocycles. The van der Waals surface area contributed by atoms with E-state index in [2.05, 4.69) is 16.5 Å². The Morgan fingerprint density at radius 3 is 3.15 bits per heavy atom. The van der Waals surface area contributed by atoms with Crippen LogP contribution in [-0.4, -0.2) is 22.9 Å². The third-order valence-electron chi connectivity index (χ3n) is 2.73. The van der Waals surface area contributed by atoms with E-state index in [1.807, 2.05) is 17.9 Å². The van der Waals surface area contributed by atoms with Gasteiger partial charge in [-0.05, 0) is 38.4 Å². The Kier molecular flexibility index (Phi) is 2.64. The van der Waals surface area contributed by atoms with Crippen molar-refractivity contribution >= 4 is 0 Å². The fraction of sp³-hybridized carbons (Fsp3) is 0.700. The Labute approximate surface area is 79.1 Å². The molecule has 1 aliphatic rings. The molecule has 3 heteroatoms. The molecule has 72 valence electrons. The highest BCUT2D eigenvalue weighted by atomic mass is 15.2. The van der Waals surface area contributed by atoms with Gasteiger partial charge in [0.2, 0.25) is 0 Å². The fourth-order valence-electron chi connectivity index (χ4n) is 1.97. The van der Waals surface area contributed by atoms with Gasteiger partial charge >= 0.3 is 0 Å². The molecular weight excluding hydrogens is 162 g/mol. The van der Waals surface area contributed by atoms with Crippen molar-refractivity contribution in [1.82, 2.24) is 15.1 Å². The highest BCUT2D eigenvalue weighted by Crippen LogP contribution is 2.23. The first-order valence-corrected chi connectivity index (χ1v) is 5.06. The van der Waals surface area contributed by atoms with E-state index in [9.17, 15) is 0 Å². The van der Waals surface area contributed by atoms with E-state index in [-0.39, 0.29) is 0 Å². The summed E-state index contributed by atoms with van der Waals surface area (Å²) >= 11 is 0. The third-order valence-corrected chi connectivity index (χ3v) is 2.73. The molecule has 1 atom stereocenters. The van der Waals surface area contributed by atoms with Gasteiger partial charge in [0.15, 0.2) is 0 Å². The molecule has 13 heavy (non-hydrogen) atoms. The van der Waals surface area contributed by atoms with Crippen LogP contribution in [0.3, 0.4) is 0 Å². The fourth-order valence-corrected chi connectivity index (χ4v) is 1.97.